The number of likely N-dealkylation sites (tertiary alicyclic amines) is 1. The molecule has 1 aliphatic rings. The van der Waals surface area contributed by atoms with E-state index in [4.69, 9.17) is 0 Å². The van der Waals surface area contributed by atoms with Crippen molar-refractivity contribution in [3.63, 3.8) is 0 Å². The summed E-state index contributed by atoms with van der Waals surface area (Å²) in [6.07, 6.45) is 7.24. The van der Waals surface area contributed by atoms with E-state index in [0.717, 1.165) is 11.0 Å². The van der Waals surface area contributed by atoms with Crippen LogP contribution in [-0.2, 0) is 0 Å². The Hall–Kier alpha value is -0.940. The number of amides is 1. The zero-order valence-corrected chi connectivity index (χ0v) is 13.5. The van der Waals surface area contributed by atoms with Gasteiger partial charge in [-0.3, -0.25) is 9.78 Å². The molecule has 2 rings (SSSR count). The van der Waals surface area contributed by atoms with Crippen molar-refractivity contribution in [2.45, 2.75) is 26.2 Å². The molecule has 1 saturated heterocycles. The Morgan fingerprint density at radius 1 is 1.40 bits per heavy atom. The lowest BCUT2D eigenvalue weighted by atomic mass is 10.1. The number of aromatic nitrogens is 1. The van der Waals surface area contributed by atoms with Gasteiger partial charge in [0.05, 0.1) is 5.56 Å². The molecule has 4 nitrogen and oxygen atoms in total. The summed E-state index contributed by atoms with van der Waals surface area (Å²) in [5.41, 5.74) is 0.601. The third-order valence-corrected chi connectivity index (χ3v) is 4.03. The Kier molecular flexibility index (Phi) is 5.98. The SMILES string of the molecule is CC(CNC(=O)c1cncc(Br)c1)CN1CCCCC1. The number of piperidine rings is 1. The van der Waals surface area contributed by atoms with Gasteiger partial charge in [0.2, 0.25) is 0 Å². The second-order valence-electron chi connectivity index (χ2n) is 5.57. The summed E-state index contributed by atoms with van der Waals surface area (Å²) >= 11 is 3.33. The lowest BCUT2D eigenvalue weighted by molar-refractivity contribution is 0.0942. The first-order valence-electron chi connectivity index (χ1n) is 7.26. The van der Waals surface area contributed by atoms with Crippen LogP contribution in [0.25, 0.3) is 0 Å². The summed E-state index contributed by atoms with van der Waals surface area (Å²) in [5, 5.41) is 2.99. The van der Waals surface area contributed by atoms with Crippen molar-refractivity contribution in [1.29, 1.82) is 0 Å². The van der Waals surface area contributed by atoms with Crippen LogP contribution in [0, 0.1) is 5.92 Å². The van der Waals surface area contributed by atoms with E-state index >= 15 is 0 Å². The average Bonchev–Trinajstić information content (AvgIpc) is 2.46. The maximum atomic E-state index is 12.0. The predicted octanol–water partition coefficient (Wildman–Crippen LogP) is 2.70. The molecular weight excluding hydrogens is 318 g/mol. The highest BCUT2D eigenvalue weighted by atomic mass is 79.9. The minimum Gasteiger partial charge on any atom is -0.352 e. The van der Waals surface area contributed by atoms with E-state index in [2.05, 4.69) is 38.1 Å². The normalized spacial score (nSPS) is 17.7. The first kappa shape index (κ1) is 15.4. The number of halogens is 1. The molecule has 1 aliphatic heterocycles. The van der Waals surface area contributed by atoms with Crippen molar-refractivity contribution in [3.8, 4) is 0 Å². The van der Waals surface area contributed by atoms with Crippen LogP contribution in [0.4, 0.5) is 0 Å². The van der Waals surface area contributed by atoms with E-state index in [1.165, 1.54) is 32.4 Å². The molecule has 1 aromatic rings. The lowest BCUT2D eigenvalue weighted by Crippen LogP contribution is -2.38. The quantitative estimate of drug-likeness (QED) is 0.896. The molecule has 0 radical (unpaired) electrons. The molecule has 1 N–H and O–H groups in total. The van der Waals surface area contributed by atoms with Crippen molar-refractivity contribution in [3.05, 3.63) is 28.5 Å². The summed E-state index contributed by atoms with van der Waals surface area (Å²) in [7, 11) is 0. The van der Waals surface area contributed by atoms with Gasteiger partial charge in [-0.2, -0.15) is 0 Å². The molecule has 0 aliphatic carbocycles. The Labute approximate surface area is 129 Å². The number of hydrogen-bond donors (Lipinski definition) is 1. The molecule has 110 valence electrons. The van der Waals surface area contributed by atoms with Crippen molar-refractivity contribution in [1.82, 2.24) is 15.2 Å². The predicted molar refractivity (Wildman–Crippen MR) is 83.7 cm³/mol. The third kappa shape index (κ3) is 4.87. The Morgan fingerprint density at radius 2 is 2.15 bits per heavy atom. The number of carbonyl (C=O) groups excluding carboxylic acids is 1. The highest BCUT2D eigenvalue weighted by Crippen LogP contribution is 2.11. The van der Waals surface area contributed by atoms with Gasteiger partial charge in [0.25, 0.3) is 5.91 Å². The maximum Gasteiger partial charge on any atom is 0.252 e. The number of nitrogens with one attached hydrogen (secondary N) is 1. The largest absolute Gasteiger partial charge is 0.352 e. The molecule has 1 atom stereocenters. The number of nitrogens with zero attached hydrogens (tertiary/aromatic N) is 2. The lowest BCUT2D eigenvalue weighted by Gasteiger charge is -2.29. The minimum atomic E-state index is -0.0516. The van der Waals surface area contributed by atoms with Crippen LogP contribution in [0.5, 0.6) is 0 Å². The molecule has 5 heteroatoms. The van der Waals surface area contributed by atoms with E-state index in [0.29, 0.717) is 18.0 Å². The van der Waals surface area contributed by atoms with Crippen LogP contribution < -0.4 is 5.32 Å². The minimum absolute atomic E-state index is 0.0516. The highest BCUT2D eigenvalue weighted by Gasteiger charge is 2.14. The number of hydrogen-bond acceptors (Lipinski definition) is 3. The summed E-state index contributed by atoms with van der Waals surface area (Å²) in [4.78, 5) is 18.5. The number of pyridine rings is 1. The van der Waals surface area contributed by atoms with Gasteiger partial charge in [-0.05, 0) is 53.8 Å². The van der Waals surface area contributed by atoms with Crippen LogP contribution in [0.1, 0.15) is 36.5 Å². The molecule has 0 spiro atoms. The Balaban J connectivity index is 1.75. The fourth-order valence-electron chi connectivity index (χ4n) is 2.55. The Morgan fingerprint density at radius 3 is 2.85 bits per heavy atom. The van der Waals surface area contributed by atoms with E-state index in [1.54, 1.807) is 18.5 Å². The third-order valence-electron chi connectivity index (χ3n) is 3.60. The van der Waals surface area contributed by atoms with Crippen molar-refractivity contribution >= 4 is 21.8 Å². The topological polar surface area (TPSA) is 45.2 Å². The van der Waals surface area contributed by atoms with Gasteiger partial charge in [-0.15, -0.1) is 0 Å². The first-order chi connectivity index (χ1) is 9.65. The Bertz CT molecular complexity index is 446. The zero-order valence-electron chi connectivity index (χ0n) is 11.9. The summed E-state index contributed by atoms with van der Waals surface area (Å²) < 4.78 is 0.825. The molecule has 2 heterocycles. The van der Waals surface area contributed by atoms with E-state index < -0.39 is 0 Å². The van der Waals surface area contributed by atoms with Gasteiger partial charge in [0, 0.05) is 30.0 Å². The molecule has 1 unspecified atom stereocenters. The second-order valence-corrected chi connectivity index (χ2v) is 6.48. The monoisotopic (exact) mass is 339 g/mol. The van der Waals surface area contributed by atoms with E-state index in [1.807, 2.05) is 0 Å². The highest BCUT2D eigenvalue weighted by molar-refractivity contribution is 9.10. The summed E-state index contributed by atoms with van der Waals surface area (Å²) in [5.74, 6) is 0.418. The van der Waals surface area contributed by atoms with Crippen LogP contribution >= 0.6 is 15.9 Å². The van der Waals surface area contributed by atoms with Gasteiger partial charge in [0.1, 0.15) is 0 Å². The molecule has 0 aromatic carbocycles. The molecule has 1 amide bonds. The zero-order chi connectivity index (χ0) is 14.4. The van der Waals surface area contributed by atoms with Crippen molar-refractivity contribution < 1.29 is 4.79 Å². The van der Waals surface area contributed by atoms with E-state index in [-0.39, 0.29) is 5.91 Å². The molecule has 0 saturated carbocycles. The standard InChI is InChI=1S/C15H22BrN3O/c1-12(11-19-5-3-2-4-6-19)8-18-15(20)13-7-14(16)10-17-9-13/h7,9-10,12H,2-6,8,11H2,1H3,(H,18,20). The van der Waals surface area contributed by atoms with Gasteiger partial charge in [0.15, 0.2) is 0 Å². The molecular formula is C15H22BrN3O. The molecule has 0 bridgehead atoms. The first-order valence-corrected chi connectivity index (χ1v) is 8.05. The molecule has 1 fully saturated rings. The maximum absolute atomic E-state index is 12.0. The summed E-state index contributed by atoms with van der Waals surface area (Å²) in [6.45, 7) is 6.37. The van der Waals surface area contributed by atoms with Crippen molar-refractivity contribution in [2.24, 2.45) is 5.92 Å². The fourth-order valence-corrected chi connectivity index (χ4v) is 2.92. The fraction of sp³-hybridized carbons (Fsp3) is 0.600. The number of carbonyl (C=O) groups is 1. The van der Waals surface area contributed by atoms with Crippen molar-refractivity contribution in [2.75, 3.05) is 26.2 Å². The van der Waals surface area contributed by atoms with E-state index in [9.17, 15) is 4.79 Å². The second kappa shape index (κ2) is 7.74. The van der Waals surface area contributed by atoms with Gasteiger partial charge < -0.3 is 10.2 Å². The molecule has 1 aromatic heterocycles. The van der Waals surface area contributed by atoms with Crippen LogP contribution in [0.15, 0.2) is 22.9 Å². The van der Waals surface area contributed by atoms with Gasteiger partial charge in [-0.1, -0.05) is 13.3 Å². The van der Waals surface area contributed by atoms with Gasteiger partial charge >= 0.3 is 0 Å². The number of rotatable bonds is 5. The van der Waals surface area contributed by atoms with Crippen LogP contribution in [0.2, 0.25) is 0 Å². The smallest absolute Gasteiger partial charge is 0.252 e. The summed E-state index contributed by atoms with van der Waals surface area (Å²) in [6, 6.07) is 1.79. The average molecular weight is 340 g/mol. The molecule has 20 heavy (non-hydrogen) atoms. The van der Waals surface area contributed by atoms with Crippen LogP contribution in [0.3, 0.4) is 0 Å². The van der Waals surface area contributed by atoms with Gasteiger partial charge in [-0.25, -0.2) is 0 Å². The van der Waals surface area contributed by atoms with Crippen LogP contribution in [-0.4, -0.2) is 42.0 Å².